The maximum absolute atomic E-state index is 12.3. The molecule has 2 heterocycles. The predicted molar refractivity (Wildman–Crippen MR) is 97.9 cm³/mol. The van der Waals surface area contributed by atoms with Gasteiger partial charge in [0.05, 0.1) is 5.92 Å². The third-order valence-corrected chi connectivity index (χ3v) is 4.68. The number of likely N-dealkylation sites (tertiary alicyclic amines) is 1. The van der Waals surface area contributed by atoms with Gasteiger partial charge in [0.1, 0.15) is 5.75 Å². The van der Waals surface area contributed by atoms with E-state index in [0.29, 0.717) is 24.8 Å². The van der Waals surface area contributed by atoms with Crippen LogP contribution in [0.2, 0.25) is 0 Å². The van der Waals surface area contributed by atoms with Crippen LogP contribution in [0.3, 0.4) is 0 Å². The highest BCUT2D eigenvalue weighted by atomic mass is 35.5. The molecule has 0 aliphatic carbocycles. The molecular formula is C18H26ClN3O3. The van der Waals surface area contributed by atoms with E-state index in [0.717, 1.165) is 32.5 Å². The highest BCUT2D eigenvalue weighted by Crippen LogP contribution is 2.17. The Kier molecular flexibility index (Phi) is 7.52. The molecule has 0 radical (unpaired) electrons. The Morgan fingerprint density at radius 1 is 1.24 bits per heavy atom. The van der Waals surface area contributed by atoms with Crippen molar-refractivity contribution in [3.05, 3.63) is 30.3 Å². The molecule has 25 heavy (non-hydrogen) atoms. The number of hydrogen-bond donors (Lipinski definition) is 2. The zero-order chi connectivity index (χ0) is 16.8. The number of amides is 2. The van der Waals surface area contributed by atoms with Gasteiger partial charge in [0.2, 0.25) is 5.91 Å². The molecule has 2 amide bonds. The Hall–Kier alpha value is -1.79. The summed E-state index contributed by atoms with van der Waals surface area (Å²) in [6.45, 7) is 3.90. The zero-order valence-corrected chi connectivity index (χ0v) is 15.1. The molecule has 2 aliphatic heterocycles. The van der Waals surface area contributed by atoms with Crippen molar-refractivity contribution in [3.63, 3.8) is 0 Å². The summed E-state index contributed by atoms with van der Waals surface area (Å²) in [4.78, 5) is 26.4. The fourth-order valence-corrected chi connectivity index (χ4v) is 3.05. The first-order chi connectivity index (χ1) is 11.7. The van der Waals surface area contributed by atoms with Gasteiger partial charge in [-0.1, -0.05) is 18.2 Å². The lowest BCUT2D eigenvalue weighted by molar-refractivity contribution is -0.137. The van der Waals surface area contributed by atoms with Crippen LogP contribution in [0.1, 0.15) is 12.8 Å². The maximum Gasteiger partial charge on any atom is 0.260 e. The third-order valence-electron chi connectivity index (χ3n) is 4.68. The van der Waals surface area contributed by atoms with Crippen molar-refractivity contribution in [1.82, 2.24) is 15.5 Å². The summed E-state index contributed by atoms with van der Waals surface area (Å²) >= 11 is 0. The monoisotopic (exact) mass is 367 g/mol. The van der Waals surface area contributed by atoms with Crippen LogP contribution in [0.15, 0.2) is 30.3 Å². The normalized spacial score (nSPS) is 20.2. The summed E-state index contributed by atoms with van der Waals surface area (Å²) < 4.78 is 5.52. The van der Waals surface area contributed by atoms with Crippen molar-refractivity contribution in [2.24, 2.45) is 11.8 Å². The van der Waals surface area contributed by atoms with E-state index in [1.54, 1.807) is 4.90 Å². The Balaban J connectivity index is 0.00000225. The van der Waals surface area contributed by atoms with Gasteiger partial charge in [-0.3, -0.25) is 9.59 Å². The van der Waals surface area contributed by atoms with Gasteiger partial charge in [-0.25, -0.2) is 0 Å². The summed E-state index contributed by atoms with van der Waals surface area (Å²) in [6, 6.07) is 9.31. The van der Waals surface area contributed by atoms with E-state index in [-0.39, 0.29) is 36.7 Å². The predicted octanol–water partition coefficient (Wildman–Crippen LogP) is 1.06. The minimum Gasteiger partial charge on any atom is -0.484 e. The number of piperidine rings is 1. The topological polar surface area (TPSA) is 70.7 Å². The van der Waals surface area contributed by atoms with Gasteiger partial charge in [-0.05, 0) is 25.0 Å². The van der Waals surface area contributed by atoms with Crippen molar-refractivity contribution >= 4 is 24.2 Å². The quantitative estimate of drug-likeness (QED) is 0.788. The lowest BCUT2D eigenvalue weighted by atomic mass is 9.96. The first-order valence-electron chi connectivity index (χ1n) is 8.66. The Bertz CT molecular complexity index is 566. The van der Waals surface area contributed by atoms with Crippen molar-refractivity contribution < 1.29 is 14.3 Å². The number of hydrogen-bond acceptors (Lipinski definition) is 4. The molecule has 2 saturated heterocycles. The highest BCUT2D eigenvalue weighted by molar-refractivity contribution is 5.85. The molecule has 7 heteroatoms. The summed E-state index contributed by atoms with van der Waals surface area (Å²) in [5.41, 5.74) is 0. The van der Waals surface area contributed by atoms with Crippen molar-refractivity contribution in [3.8, 4) is 5.75 Å². The van der Waals surface area contributed by atoms with Gasteiger partial charge in [0.25, 0.3) is 5.91 Å². The molecule has 2 fully saturated rings. The molecule has 3 rings (SSSR count). The Labute approximate surface area is 154 Å². The number of nitrogens with zero attached hydrogens (tertiary/aromatic N) is 1. The van der Waals surface area contributed by atoms with E-state index in [1.165, 1.54) is 0 Å². The minimum atomic E-state index is -0.104. The van der Waals surface area contributed by atoms with Gasteiger partial charge < -0.3 is 20.3 Å². The minimum absolute atomic E-state index is 0. The number of rotatable bonds is 6. The van der Waals surface area contributed by atoms with Gasteiger partial charge in [-0.15, -0.1) is 12.4 Å². The second-order valence-corrected chi connectivity index (χ2v) is 6.55. The average Bonchev–Trinajstić information content (AvgIpc) is 2.59. The van der Waals surface area contributed by atoms with Crippen LogP contribution in [-0.2, 0) is 9.59 Å². The van der Waals surface area contributed by atoms with E-state index in [1.807, 2.05) is 30.3 Å². The molecular weight excluding hydrogens is 342 g/mol. The highest BCUT2D eigenvalue weighted by Gasteiger charge is 2.29. The summed E-state index contributed by atoms with van der Waals surface area (Å²) in [5, 5.41) is 6.22. The van der Waals surface area contributed by atoms with Crippen LogP contribution in [0, 0.1) is 11.8 Å². The van der Waals surface area contributed by atoms with E-state index in [2.05, 4.69) is 10.6 Å². The van der Waals surface area contributed by atoms with Crippen LogP contribution in [-0.4, -0.2) is 56.0 Å². The first-order valence-corrected chi connectivity index (χ1v) is 8.66. The Morgan fingerprint density at radius 3 is 2.68 bits per heavy atom. The Morgan fingerprint density at radius 2 is 2.00 bits per heavy atom. The number of halogens is 1. The first kappa shape index (κ1) is 19.5. The summed E-state index contributed by atoms with van der Waals surface area (Å²) in [6.07, 6.45) is 1.71. The fraction of sp³-hybridized carbons (Fsp3) is 0.556. The molecule has 0 spiro atoms. The number of ether oxygens (including phenoxy) is 1. The second-order valence-electron chi connectivity index (χ2n) is 6.55. The van der Waals surface area contributed by atoms with E-state index in [9.17, 15) is 9.59 Å². The SMILES string of the molecule is Cl.O=C(NCC1CNC1)C1CCCN(C(=O)COc2ccccc2)C1. The summed E-state index contributed by atoms with van der Waals surface area (Å²) in [7, 11) is 0. The maximum atomic E-state index is 12.3. The molecule has 0 saturated carbocycles. The number of carbonyl (C=O) groups is 2. The number of benzene rings is 1. The summed E-state index contributed by atoms with van der Waals surface area (Å²) in [5.74, 6) is 1.15. The molecule has 1 aromatic carbocycles. The number of para-hydroxylation sites is 1. The molecule has 6 nitrogen and oxygen atoms in total. The van der Waals surface area contributed by atoms with Gasteiger partial charge in [0.15, 0.2) is 6.61 Å². The number of carbonyl (C=O) groups excluding carboxylic acids is 2. The van der Waals surface area contributed by atoms with Crippen molar-refractivity contribution in [1.29, 1.82) is 0 Å². The fourth-order valence-electron chi connectivity index (χ4n) is 3.05. The second kappa shape index (κ2) is 9.63. The lowest BCUT2D eigenvalue weighted by Crippen LogP contribution is -2.51. The molecule has 1 unspecified atom stereocenters. The molecule has 1 atom stereocenters. The van der Waals surface area contributed by atoms with Crippen molar-refractivity contribution in [2.45, 2.75) is 12.8 Å². The smallest absolute Gasteiger partial charge is 0.260 e. The van der Waals surface area contributed by atoms with Gasteiger partial charge in [0, 0.05) is 38.6 Å². The lowest BCUT2D eigenvalue weighted by Gasteiger charge is -2.33. The van der Waals surface area contributed by atoms with Crippen LogP contribution < -0.4 is 15.4 Å². The van der Waals surface area contributed by atoms with Crippen LogP contribution in [0.25, 0.3) is 0 Å². The molecule has 0 aromatic heterocycles. The molecule has 1 aromatic rings. The van der Waals surface area contributed by atoms with Crippen LogP contribution in [0.5, 0.6) is 5.75 Å². The van der Waals surface area contributed by atoms with E-state index >= 15 is 0 Å². The molecule has 2 aliphatic rings. The molecule has 2 N–H and O–H groups in total. The molecule has 138 valence electrons. The molecule has 0 bridgehead atoms. The zero-order valence-electron chi connectivity index (χ0n) is 14.3. The van der Waals surface area contributed by atoms with Gasteiger partial charge in [-0.2, -0.15) is 0 Å². The van der Waals surface area contributed by atoms with Crippen molar-refractivity contribution in [2.75, 3.05) is 39.3 Å². The third kappa shape index (κ3) is 5.61. The largest absolute Gasteiger partial charge is 0.484 e. The average molecular weight is 368 g/mol. The van der Waals surface area contributed by atoms with Crippen LogP contribution in [0.4, 0.5) is 0 Å². The van der Waals surface area contributed by atoms with E-state index < -0.39 is 0 Å². The van der Waals surface area contributed by atoms with Crippen LogP contribution >= 0.6 is 12.4 Å². The number of nitrogens with one attached hydrogen (secondary N) is 2. The van der Waals surface area contributed by atoms with E-state index in [4.69, 9.17) is 4.74 Å². The van der Waals surface area contributed by atoms with Gasteiger partial charge >= 0.3 is 0 Å². The standard InChI is InChI=1S/C18H25N3O3.ClH/c22-17(13-24-16-6-2-1-3-7-16)21-8-4-5-15(12-21)18(23)20-11-14-9-19-10-14;/h1-3,6-7,14-15,19H,4-5,8-13H2,(H,20,23);1H.